The van der Waals surface area contributed by atoms with E-state index in [0.29, 0.717) is 16.1 Å². The molecule has 1 aromatic rings. The van der Waals surface area contributed by atoms with Gasteiger partial charge in [0.25, 0.3) is 0 Å². The largest absolute Gasteiger partial charge is 0.416 e. The number of benzene rings is 1. The Morgan fingerprint density at radius 2 is 1.83 bits per heavy atom. The molecule has 18 heavy (non-hydrogen) atoms. The van der Waals surface area contributed by atoms with Crippen molar-refractivity contribution in [2.24, 2.45) is 5.92 Å². The summed E-state index contributed by atoms with van der Waals surface area (Å²) < 4.78 is 38.5. The van der Waals surface area contributed by atoms with Crippen LogP contribution in [0.1, 0.15) is 32.8 Å². The lowest BCUT2D eigenvalue weighted by atomic mass is 10.0. The van der Waals surface area contributed by atoms with Gasteiger partial charge in [0.05, 0.1) is 5.56 Å². The van der Waals surface area contributed by atoms with Gasteiger partial charge in [0.1, 0.15) is 0 Å². The molecule has 0 aliphatic rings. The summed E-state index contributed by atoms with van der Waals surface area (Å²) in [6.07, 6.45) is -3.45. The Morgan fingerprint density at radius 1 is 1.22 bits per heavy atom. The standard InChI is InChI=1S/C13H17BrF3N/c1-4-12(8(2)3)18-11-6-9(13(15,16)17)5-10(14)7-11/h5-8,12,18H,4H2,1-3H3. The van der Waals surface area contributed by atoms with E-state index in [1.54, 1.807) is 6.07 Å². The van der Waals surface area contributed by atoms with Crippen molar-refractivity contribution in [2.75, 3.05) is 5.32 Å². The van der Waals surface area contributed by atoms with Crippen molar-refractivity contribution < 1.29 is 13.2 Å². The van der Waals surface area contributed by atoms with E-state index in [4.69, 9.17) is 0 Å². The third-order valence-electron chi connectivity index (χ3n) is 2.82. The molecular formula is C13H17BrF3N. The summed E-state index contributed by atoms with van der Waals surface area (Å²) in [4.78, 5) is 0. The molecule has 0 radical (unpaired) electrons. The fourth-order valence-electron chi connectivity index (χ4n) is 1.79. The molecule has 5 heteroatoms. The van der Waals surface area contributed by atoms with E-state index in [-0.39, 0.29) is 6.04 Å². The normalized spacial score (nSPS) is 13.8. The average molecular weight is 324 g/mol. The van der Waals surface area contributed by atoms with Gasteiger partial charge < -0.3 is 5.32 Å². The molecule has 1 nitrogen and oxygen atoms in total. The average Bonchev–Trinajstić information content (AvgIpc) is 2.23. The molecule has 0 saturated carbocycles. The van der Waals surface area contributed by atoms with Crippen LogP contribution in [0, 0.1) is 5.92 Å². The second-order valence-electron chi connectivity index (χ2n) is 4.63. The third-order valence-corrected chi connectivity index (χ3v) is 3.28. The van der Waals surface area contributed by atoms with Crippen molar-refractivity contribution in [3.05, 3.63) is 28.2 Å². The van der Waals surface area contributed by atoms with E-state index in [2.05, 4.69) is 21.2 Å². The molecule has 0 aliphatic heterocycles. The summed E-state index contributed by atoms with van der Waals surface area (Å²) in [7, 11) is 0. The highest BCUT2D eigenvalue weighted by Crippen LogP contribution is 2.33. The highest BCUT2D eigenvalue weighted by molar-refractivity contribution is 9.10. The van der Waals surface area contributed by atoms with Gasteiger partial charge in [-0.2, -0.15) is 13.2 Å². The van der Waals surface area contributed by atoms with Crippen molar-refractivity contribution in [1.82, 2.24) is 0 Å². The van der Waals surface area contributed by atoms with Gasteiger partial charge in [-0.05, 0) is 30.5 Å². The first-order chi connectivity index (χ1) is 8.24. The predicted molar refractivity (Wildman–Crippen MR) is 71.7 cm³/mol. The van der Waals surface area contributed by atoms with Gasteiger partial charge in [0, 0.05) is 16.2 Å². The molecule has 0 heterocycles. The lowest BCUT2D eigenvalue weighted by Crippen LogP contribution is -2.24. The minimum absolute atomic E-state index is 0.167. The van der Waals surface area contributed by atoms with E-state index < -0.39 is 11.7 Å². The zero-order chi connectivity index (χ0) is 13.9. The Bertz CT molecular complexity index is 402. The first kappa shape index (κ1) is 15.3. The van der Waals surface area contributed by atoms with Crippen molar-refractivity contribution in [3.63, 3.8) is 0 Å². The van der Waals surface area contributed by atoms with E-state index in [1.165, 1.54) is 0 Å². The molecule has 1 rings (SSSR count). The zero-order valence-corrected chi connectivity index (χ0v) is 12.2. The fourth-order valence-corrected chi connectivity index (χ4v) is 2.28. The van der Waals surface area contributed by atoms with Gasteiger partial charge in [-0.1, -0.05) is 36.7 Å². The number of hydrogen-bond donors (Lipinski definition) is 1. The molecule has 0 spiro atoms. The molecule has 1 aromatic carbocycles. The van der Waals surface area contributed by atoms with E-state index >= 15 is 0 Å². The smallest absolute Gasteiger partial charge is 0.382 e. The van der Waals surface area contributed by atoms with Crippen LogP contribution >= 0.6 is 15.9 Å². The Kier molecular flexibility index (Phi) is 5.08. The zero-order valence-electron chi connectivity index (χ0n) is 10.6. The lowest BCUT2D eigenvalue weighted by Gasteiger charge is -2.22. The van der Waals surface area contributed by atoms with Crippen LogP contribution in [-0.4, -0.2) is 6.04 Å². The first-order valence-electron chi connectivity index (χ1n) is 5.88. The molecule has 0 aromatic heterocycles. The van der Waals surface area contributed by atoms with Crippen molar-refractivity contribution in [2.45, 2.75) is 39.4 Å². The van der Waals surface area contributed by atoms with Crippen LogP contribution in [0.15, 0.2) is 22.7 Å². The fraction of sp³-hybridized carbons (Fsp3) is 0.538. The highest BCUT2D eigenvalue weighted by Gasteiger charge is 2.31. The highest BCUT2D eigenvalue weighted by atomic mass is 79.9. The van der Waals surface area contributed by atoms with E-state index in [9.17, 15) is 13.2 Å². The summed E-state index contributed by atoms with van der Waals surface area (Å²) in [6, 6.07) is 4.07. The lowest BCUT2D eigenvalue weighted by molar-refractivity contribution is -0.137. The third kappa shape index (κ3) is 4.19. The second-order valence-corrected chi connectivity index (χ2v) is 5.55. The Labute approximate surface area is 114 Å². The van der Waals surface area contributed by atoms with Crippen LogP contribution in [0.25, 0.3) is 0 Å². The quantitative estimate of drug-likeness (QED) is 0.791. The number of alkyl halides is 3. The number of rotatable bonds is 4. The van der Waals surface area contributed by atoms with Crippen LogP contribution in [0.3, 0.4) is 0 Å². The summed E-state index contributed by atoms with van der Waals surface area (Å²) in [5.74, 6) is 0.364. The minimum atomic E-state index is -4.32. The van der Waals surface area contributed by atoms with Crippen molar-refractivity contribution in [3.8, 4) is 0 Å². The first-order valence-corrected chi connectivity index (χ1v) is 6.67. The maximum absolute atomic E-state index is 12.7. The van der Waals surface area contributed by atoms with Gasteiger partial charge in [0.15, 0.2) is 0 Å². The van der Waals surface area contributed by atoms with Gasteiger partial charge in [-0.3, -0.25) is 0 Å². The number of halogens is 4. The Hall–Kier alpha value is -0.710. The summed E-state index contributed by atoms with van der Waals surface area (Å²) in [6.45, 7) is 6.11. The van der Waals surface area contributed by atoms with Gasteiger partial charge >= 0.3 is 6.18 Å². The van der Waals surface area contributed by atoms with Crippen LogP contribution in [0.2, 0.25) is 0 Å². The van der Waals surface area contributed by atoms with E-state index in [0.717, 1.165) is 18.6 Å². The number of anilines is 1. The predicted octanol–water partition coefficient (Wildman–Crippen LogP) is 5.31. The van der Waals surface area contributed by atoms with E-state index in [1.807, 2.05) is 20.8 Å². The SMILES string of the molecule is CCC(Nc1cc(Br)cc(C(F)(F)F)c1)C(C)C. The van der Waals surface area contributed by atoms with Gasteiger partial charge in [0.2, 0.25) is 0 Å². The van der Waals surface area contributed by atoms with Crippen LogP contribution in [-0.2, 0) is 6.18 Å². The molecule has 0 bridgehead atoms. The molecule has 0 aliphatic carbocycles. The summed E-state index contributed by atoms with van der Waals surface area (Å²) in [5, 5.41) is 3.15. The maximum atomic E-state index is 12.7. The Balaban J connectivity index is 3.00. The second kappa shape index (κ2) is 5.95. The molecule has 102 valence electrons. The number of hydrogen-bond acceptors (Lipinski definition) is 1. The van der Waals surface area contributed by atoms with Crippen LogP contribution in [0.4, 0.5) is 18.9 Å². The van der Waals surface area contributed by atoms with Crippen LogP contribution < -0.4 is 5.32 Å². The van der Waals surface area contributed by atoms with Crippen molar-refractivity contribution in [1.29, 1.82) is 0 Å². The monoisotopic (exact) mass is 323 g/mol. The van der Waals surface area contributed by atoms with Gasteiger partial charge in [-0.25, -0.2) is 0 Å². The number of nitrogens with one attached hydrogen (secondary N) is 1. The minimum Gasteiger partial charge on any atom is -0.382 e. The molecule has 1 atom stereocenters. The maximum Gasteiger partial charge on any atom is 0.416 e. The summed E-state index contributed by atoms with van der Waals surface area (Å²) >= 11 is 3.11. The van der Waals surface area contributed by atoms with Gasteiger partial charge in [-0.15, -0.1) is 0 Å². The van der Waals surface area contributed by atoms with Crippen LogP contribution in [0.5, 0.6) is 0 Å². The molecule has 0 fully saturated rings. The molecule has 0 amide bonds. The molecule has 1 N–H and O–H groups in total. The summed E-state index contributed by atoms with van der Waals surface area (Å²) in [5.41, 5.74) is -0.143. The van der Waals surface area contributed by atoms with Crippen molar-refractivity contribution >= 4 is 21.6 Å². The Morgan fingerprint density at radius 3 is 2.28 bits per heavy atom. The molecule has 0 saturated heterocycles. The molecular weight excluding hydrogens is 307 g/mol. The molecule has 1 unspecified atom stereocenters. The topological polar surface area (TPSA) is 12.0 Å².